The van der Waals surface area contributed by atoms with Crippen LogP contribution in [0.1, 0.15) is 12.8 Å². The van der Waals surface area contributed by atoms with Gasteiger partial charge in [0, 0.05) is 16.5 Å². The number of nitrogens with zero attached hydrogens (tertiary/aromatic N) is 1. The van der Waals surface area contributed by atoms with Gasteiger partial charge in [-0.25, -0.2) is 4.98 Å². The van der Waals surface area contributed by atoms with E-state index in [4.69, 9.17) is 4.74 Å². The SMILES string of the molecule is Cl.O=C(Nc1ccc(Oc2cccc(Br)c2)nc1)C1CCNCC1. The third-order valence-electron chi connectivity index (χ3n) is 3.73. The molecule has 1 amide bonds. The second kappa shape index (κ2) is 9.01. The van der Waals surface area contributed by atoms with Crippen molar-refractivity contribution in [3.63, 3.8) is 0 Å². The fraction of sp³-hybridized carbons (Fsp3) is 0.294. The number of carbonyl (C=O) groups is 1. The normalized spacial score (nSPS) is 14.5. The number of pyridine rings is 1. The van der Waals surface area contributed by atoms with Crippen LogP contribution in [-0.2, 0) is 4.79 Å². The Morgan fingerprint density at radius 1 is 1.25 bits per heavy atom. The van der Waals surface area contributed by atoms with Crippen molar-refractivity contribution in [2.75, 3.05) is 18.4 Å². The molecule has 2 N–H and O–H groups in total. The maximum atomic E-state index is 12.2. The molecule has 1 aliphatic rings. The summed E-state index contributed by atoms with van der Waals surface area (Å²) in [6, 6.07) is 11.1. The molecule has 24 heavy (non-hydrogen) atoms. The average molecular weight is 413 g/mol. The molecule has 1 saturated heterocycles. The maximum Gasteiger partial charge on any atom is 0.227 e. The van der Waals surface area contributed by atoms with E-state index < -0.39 is 0 Å². The summed E-state index contributed by atoms with van der Waals surface area (Å²) < 4.78 is 6.62. The number of ether oxygens (including phenoxy) is 1. The zero-order chi connectivity index (χ0) is 16.1. The van der Waals surface area contributed by atoms with Crippen molar-refractivity contribution in [3.8, 4) is 11.6 Å². The lowest BCUT2D eigenvalue weighted by Crippen LogP contribution is -2.34. The molecule has 1 aliphatic heterocycles. The number of hydrogen-bond donors (Lipinski definition) is 2. The van der Waals surface area contributed by atoms with E-state index in [0.717, 1.165) is 30.4 Å². The first kappa shape index (κ1) is 18.7. The molecule has 2 heterocycles. The minimum atomic E-state index is 0. The van der Waals surface area contributed by atoms with Crippen molar-refractivity contribution in [2.24, 2.45) is 5.92 Å². The summed E-state index contributed by atoms with van der Waals surface area (Å²) in [5.41, 5.74) is 0.690. The molecule has 0 radical (unpaired) electrons. The first-order chi connectivity index (χ1) is 11.2. The minimum absolute atomic E-state index is 0. The lowest BCUT2D eigenvalue weighted by atomic mass is 9.97. The van der Waals surface area contributed by atoms with Crippen LogP contribution in [0.15, 0.2) is 47.1 Å². The molecule has 0 unspecified atom stereocenters. The summed E-state index contributed by atoms with van der Waals surface area (Å²) in [5.74, 6) is 1.34. The summed E-state index contributed by atoms with van der Waals surface area (Å²) in [6.07, 6.45) is 3.37. The van der Waals surface area contributed by atoms with Crippen LogP contribution in [-0.4, -0.2) is 24.0 Å². The Hall–Kier alpha value is -1.63. The van der Waals surface area contributed by atoms with E-state index in [1.54, 1.807) is 18.3 Å². The van der Waals surface area contributed by atoms with Crippen LogP contribution in [0.2, 0.25) is 0 Å². The van der Waals surface area contributed by atoms with Crippen LogP contribution < -0.4 is 15.4 Å². The van der Waals surface area contributed by atoms with Gasteiger partial charge in [0.2, 0.25) is 11.8 Å². The number of amides is 1. The summed E-state index contributed by atoms with van der Waals surface area (Å²) >= 11 is 3.40. The highest BCUT2D eigenvalue weighted by Gasteiger charge is 2.20. The average Bonchev–Trinajstić information content (AvgIpc) is 2.57. The number of aromatic nitrogens is 1. The van der Waals surface area contributed by atoms with E-state index in [2.05, 4.69) is 31.5 Å². The third-order valence-corrected chi connectivity index (χ3v) is 4.23. The number of piperidine rings is 1. The number of halogens is 2. The van der Waals surface area contributed by atoms with Gasteiger partial charge in [-0.05, 0) is 50.2 Å². The summed E-state index contributed by atoms with van der Waals surface area (Å²) in [5, 5.41) is 6.18. The Morgan fingerprint density at radius 2 is 2.04 bits per heavy atom. The maximum absolute atomic E-state index is 12.2. The highest BCUT2D eigenvalue weighted by atomic mass is 79.9. The molecule has 1 aromatic carbocycles. The van der Waals surface area contributed by atoms with Crippen LogP contribution in [0.3, 0.4) is 0 Å². The highest BCUT2D eigenvalue weighted by molar-refractivity contribution is 9.10. The topological polar surface area (TPSA) is 63.2 Å². The summed E-state index contributed by atoms with van der Waals surface area (Å²) in [4.78, 5) is 16.4. The molecule has 2 aromatic rings. The van der Waals surface area contributed by atoms with Gasteiger partial charge in [-0.15, -0.1) is 12.4 Å². The van der Waals surface area contributed by atoms with Gasteiger partial charge in [0.15, 0.2) is 0 Å². The van der Waals surface area contributed by atoms with Crippen LogP contribution in [0.25, 0.3) is 0 Å². The highest BCUT2D eigenvalue weighted by Crippen LogP contribution is 2.24. The van der Waals surface area contributed by atoms with Crippen molar-refractivity contribution < 1.29 is 9.53 Å². The molecular formula is C17H19BrClN3O2. The molecule has 3 rings (SSSR count). The van der Waals surface area contributed by atoms with E-state index in [-0.39, 0.29) is 24.2 Å². The van der Waals surface area contributed by atoms with Crippen LogP contribution in [0.5, 0.6) is 11.6 Å². The van der Waals surface area contributed by atoms with E-state index in [1.165, 1.54) is 0 Å². The summed E-state index contributed by atoms with van der Waals surface area (Å²) in [7, 11) is 0. The van der Waals surface area contributed by atoms with Gasteiger partial charge >= 0.3 is 0 Å². The number of hydrogen-bond acceptors (Lipinski definition) is 4. The number of anilines is 1. The Labute approximate surface area is 155 Å². The quantitative estimate of drug-likeness (QED) is 0.797. The molecule has 0 saturated carbocycles. The van der Waals surface area contributed by atoms with Gasteiger partial charge in [0.1, 0.15) is 5.75 Å². The Morgan fingerprint density at radius 3 is 2.71 bits per heavy atom. The fourth-order valence-electron chi connectivity index (χ4n) is 2.49. The van der Waals surface area contributed by atoms with Gasteiger partial charge in [0.05, 0.1) is 11.9 Å². The first-order valence-corrected chi connectivity index (χ1v) is 8.41. The van der Waals surface area contributed by atoms with Crippen molar-refractivity contribution in [1.29, 1.82) is 0 Å². The number of benzene rings is 1. The molecule has 7 heteroatoms. The first-order valence-electron chi connectivity index (χ1n) is 7.62. The van der Waals surface area contributed by atoms with Gasteiger partial charge in [-0.3, -0.25) is 4.79 Å². The molecule has 1 aromatic heterocycles. The molecule has 1 fully saturated rings. The lowest BCUT2D eigenvalue weighted by Gasteiger charge is -2.21. The third kappa shape index (κ3) is 5.19. The number of carbonyl (C=O) groups excluding carboxylic acids is 1. The molecule has 128 valence electrons. The molecule has 0 atom stereocenters. The van der Waals surface area contributed by atoms with Gasteiger partial charge < -0.3 is 15.4 Å². The second-order valence-electron chi connectivity index (χ2n) is 5.46. The van der Waals surface area contributed by atoms with Gasteiger partial charge in [0.25, 0.3) is 0 Å². The molecular weight excluding hydrogens is 394 g/mol. The van der Waals surface area contributed by atoms with Crippen LogP contribution >= 0.6 is 28.3 Å². The van der Waals surface area contributed by atoms with Crippen molar-refractivity contribution in [2.45, 2.75) is 12.8 Å². The zero-order valence-corrected chi connectivity index (χ0v) is 15.4. The van der Waals surface area contributed by atoms with Crippen molar-refractivity contribution >= 4 is 39.9 Å². The monoisotopic (exact) mass is 411 g/mol. The van der Waals surface area contributed by atoms with Gasteiger partial charge in [-0.2, -0.15) is 0 Å². The predicted octanol–water partition coefficient (Wildman–Crippen LogP) is 4.00. The smallest absolute Gasteiger partial charge is 0.227 e. The summed E-state index contributed by atoms with van der Waals surface area (Å²) in [6.45, 7) is 1.80. The van der Waals surface area contributed by atoms with Gasteiger partial charge in [-0.1, -0.05) is 22.0 Å². The van der Waals surface area contributed by atoms with E-state index in [9.17, 15) is 4.79 Å². The second-order valence-corrected chi connectivity index (χ2v) is 6.37. The fourth-order valence-corrected chi connectivity index (χ4v) is 2.87. The van der Waals surface area contributed by atoms with E-state index >= 15 is 0 Å². The Balaban J connectivity index is 0.00000208. The zero-order valence-electron chi connectivity index (χ0n) is 13.0. The van der Waals surface area contributed by atoms with Crippen LogP contribution in [0, 0.1) is 5.92 Å². The lowest BCUT2D eigenvalue weighted by molar-refractivity contribution is -0.120. The largest absolute Gasteiger partial charge is 0.439 e. The minimum Gasteiger partial charge on any atom is -0.439 e. The van der Waals surface area contributed by atoms with E-state index in [1.807, 2.05) is 24.3 Å². The molecule has 0 aliphatic carbocycles. The van der Waals surface area contributed by atoms with E-state index in [0.29, 0.717) is 17.3 Å². The Bertz CT molecular complexity index is 676. The Kier molecular flexibility index (Phi) is 7.02. The molecule has 5 nitrogen and oxygen atoms in total. The van der Waals surface area contributed by atoms with Crippen molar-refractivity contribution in [1.82, 2.24) is 10.3 Å². The van der Waals surface area contributed by atoms with Crippen molar-refractivity contribution in [3.05, 3.63) is 47.1 Å². The number of nitrogens with one attached hydrogen (secondary N) is 2. The molecule has 0 bridgehead atoms. The number of rotatable bonds is 4. The van der Waals surface area contributed by atoms with Crippen LogP contribution in [0.4, 0.5) is 5.69 Å². The standard InChI is InChI=1S/C17H18BrN3O2.ClH/c18-13-2-1-3-15(10-13)23-16-5-4-14(11-20-16)21-17(22)12-6-8-19-9-7-12;/h1-5,10-12,19H,6-9H2,(H,21,22);1H. The molecule has 0 spiro atoms. The predicted molar refractivity (Wildman–Crippen MR) is 99.9 cm³/mol.